The van der Waals surface area contributed by atoms with Crippen molar-refractivity contribution in [2.45, 2.75) is 44.9 Å². The van der Waals surface area contributed by atoms with Crippen LogP contribution in [0.15, 0.2) is 0 Å². The molecule has 1 saturated carbocycles. The van der Waals surface area contributed by atoms with Crippen LogP contribution in [-0.4, -0.2) is 48.7 Å². The Hall–Kier alpha value is -0.610. The zero-order valence-corrected chi connectivity index (χ0v) is 11.9. The van der Waals surface area contributed by atoms with Crippen LogP contribution in [0.3, 0.4) is 0 Å². The number of carbonyl (C=O) groups is 1. The molecule has 1 aliphatic heterocycles. The molecule has 0 bridgehead atoms. The number of carbonyl (C=O) groups excluding carboxylic acids is 1. The number of nitrogens with zero attached hydrogens (tertiary/aromatic N) is 1. The molecule has 1 saturated heterocycles. The number of aliphatic hydroxyl groups is 1. The van der Waals surface area contributed by atoms with Crippen LogP contribution in [0.25, 0.3) is 0 Å². The molecule has 4 nitrogen and oxygen atoms in total. The first-order valence-corrected chi connectivity index (χ1v) is 7.90. The van der Waals surface area contributed by atoms with Crippen LogP contribution in [-0.2, 0) is 4.79 Å². The van der Waals surface area contributed by atoms with Gasteiger partial charge < -0.3 is 15.3 Å². The smallest absolute Gasteiger partial charge is 0.236 e. The summed E-state index contributed by atoms with van der Waals surface area (Å²) in [4.78, 5) is 14.1. The summed E-state index contributed by atoms with van der Waals surface area (Å²) in [5.41, 5.74) is 0. The van der Waals surface area contributed by atoms with E-state index in [2.05, 4.69) is 5.32 Å². The highest BCUT2D eigenvalue weighted by atomic mass is 16.3. The number of likely N-dealkylation sites (tertiary alicyclic amines) is 1. The Balaban J connectivity index is 1.65. The van der Waals surface area contributed by atoms with Crippen LogP contribution >= 0.6 is 0 Å². The van der Waals surface area contributed by atoms with Gasteiger partial charge in [0.15, 0.2) is 0 Å². The Morgan fingerprint density at radius 1 is 1.05 bits per heavy atom. The molecule has 0 radical (unpaired) electrons. The summed E-state index contributed by atoms with van der Waals surface area (Å²) in [5, 5.41) is 12.6. The average Bonchev–Trinajstić information content (AvgIpc) is 2.70. The van der Waals surface area contributed by atoms with Crippen molar-refractivity contribution in [1.82, 2.24) is 10.2 Å². The number of aliphatic hydroxyl groups excluding tert-OH is 1. The highest BCUT2D eigenvalue weighted by Gasteiger charge is 2.26. The molecule has 2 unspecified atom stereocenters. The maximum atomic E-state index is 12.1. The summed E-state index contributed by atoms with van der Waals surface area (Å²) < 4.78 is 0. The van der Waals surface area contributed by atoms with Crippen molar-refractivity contribution < 1.29 is 9.90 Å². The van der Waals surface area contributed by atoms with Crippen LogP contribution in [0.5, 0.6) is 0 Å². The van der Waals surface area contributed by atoms with Gasteiger partial charge in [-0.15, -0.1) is 0 Å². The summed E-state index contributed by atoms with van der Waals surface area (Å²) in [6.07, 6.45) is 8.38. The predicted molar refractivity (Wildman–Crippen MR) is 75.8 cm³/mol. The second kappa shape index (κ2) is 7.85. The van der Waals surface area contributed by atoms with Crippen molar-refractivity contribution in [1.29, 1.82) is 0 Å². The number of nitrogens with one attached hydrogen (secondary N) is 1. The van der Waals surface area contributed by atoms with E-state index in [9.17, 15) is 9.90 Å². The van der Waals surface area contributed by atoms with E-state index in [1.807, 2.05) is 4.90 Å². The van der Waals surface area contributed by atoms with Gasteiger partial charge in [-0.05, 0) is 44.1 Å². The van der Waals surface area contributed by atoms with Crippen molar-refractivity contribution in [2.75, 3.05) is 32.8 Å². The topological polar surface area (TPSA) is 52.6 Å². The molecule has 19 heavy (non-hydrogen) atoms. The first kappa shape index (κ1) is 14.8. The molecule has 1 heterocycles. The van der Waals surface area contributed by atoms with Crippen molar-refractivity contribution in [2.24, 2.45) is 11.8 Å². The van der Waals surface area contributed by atoms with E-state index in [1.165, 1.54) is 25.7 Å². The number of amides is 1. The standard InChI is InChI=1S/C15H28N2O2/c18-12-14-7-5-6-13(14)10-16-11-15(19)17-8-3-1-2-4-9-17/h13-14,16,18H,1-12H2. The lowest BCUT2D eigenvalue weighted by atomic mass is 9.97. The summed E-state index contributed by atoms with van der Waals surface area (Å²) in [7, 11) is 0. The number of hydrogen-bond acceptors (Lipinski definition) is 3. The van der Waals surface area contributed by atoms with Gasteiger partial charge in [0.05, 0.1) is 6.54 Å². The second-order valence-electron chi connectivity index (χ2n) is 6.06. The first-order chi connectivity index (χ1) is 9.31. The van der Waals surface area contributed by atoms with Gasteiger partial charge in [0, 0.05) is 19.7 Å². The molecule has 2 atom stereocenters. The molecule has 2 fully saturated rings. The van der Waals surface area contributed by atoms with Gasteiger partial charge in [-0.1, -0.05) is 19.3 Å². The molecule has 0 aromatic carbocycles. The Labute approximate surface area is 116 Å². The number of rotatable bonds is 5. The first-order valence-electron chi connectivity index (χ1n) is 7.90. The summed E-state index contributed by atoms with van der Waals surface area (Å²) in [6, 6.07) is 0. The summed E-state index contributed by atoms with van der Waals surface area (Å²) >= 11 is 0. The van der Waals surface area contributed by atoms with E-state index in [0.29, 0.717) is 25.0 Å². The lowest BCUT2D eigenvalue weighted by Crippen LogP contribution is -2.40. The molecule has 2 aliphatic rings. The van der Waals surface area contributed by atoms with E-state index < -0.39 is 0 Å². The van der Waals surface area contributed by atoms with Crippen LogP contribution in [0, 0.1) is 11.8 Å². The fourth-order valence-electron chi connectivity index (χ4n) is 3.42. The molecular formula is C15H28N2O2. The van der Waals surface area contributed by atoms with Crippen LogP contribution in [0.1, 0.15) is 44.9 Å². The van der Waals surface area contributed by atoms with Crippen molar-refractivity contribution in [3.63, 3.8) is 0 Å². The SMILES string of the molecule is O=C(CNCC1CCCC1CO)N1CCCCCC1. The third kappa shape index (κ3) is 4.46. The zero-order chi connectivity index (χ0) is 13.5. The average molecular weight is 268 g/mol. The molecule has 110 valence electrons. The normalized spacial score (nSPS) is 28.4. The molecule has 4 heteroatoms. The molecule has 1 amide bonds. The minimum atomic E-state index is 0.250. The summed E-state index contributed by atoms with van der Waals surface area (Å²) in [6.45, 7) is 3.51. The van der Waals surface area contributed by atoms with Crippen LogP contribution in [0.4, 0.5) is 0 Å². The Bertz CT molecular complexity index is 275. The Kier molecular flexibility index (Phi) is 6.11. The maximum absolute atomic E-state index is 12.1. The maximum Gasteiger partial charge on any atom is 0.236 e. The van der Waals surface area contributed by atoms with Gasteiger partial charge in [-0.25, -0.2) is 0 Å². The molecule has 0 aromatic heterocycles. The fourth-order valence-corrected chi connectivity index (χ4v) is 3.42. The lowest BCUT2D eigenvalue weighted by molar-refractivity contribution is -0.130. The number of hydrogen-bond donors (Lipinski definition) is 2. The lowest BCUT2D eigenvalue weighted by Gasteiger charge is -2.22. The predicted octanol–water partition coefficient (Wildman–Crippen LogP) is 1.39. The Morgan fingerprint density at radius 3 is 2.42 bits per heavy atom. The van der Waals surface area contributed by atoms with Crippen molar-refractivity contribution >= 4 is 5.91 Å². The van der Waals surface area contributed by atoms with Gasteiger partial charge in [0.2, 0.25) is 5.91 Å². The highest BCUT2D eigenvalue weighted by Crippen LogP contribution is 2.30. The van der Waals surface area contributed by atoms with E-state index in [1.54, 1.807) is 0 Å². The molecule has 2 rings (SSSR count). The Morgan fingerprint density at radius 2 is 1.74 bits per heavy atom. The van der Waals surface area contributed by atoms with Gasteiger partial charge in [-0.3, -0.25) is 4.79 Å². The quantitative estimate of drug-likeness (QED) is 0.792. The third-order valence-electron chi connectivity index (χ3n) is 4.69. The van der Waals surface area contributed by atoms with E-state index >= 15 is 0 Å². The minimum absolute atomic E-state index is 0.250. The van der Waals surface area contributed by atoms with Crippen LogP contribution < -0.4 is 5.32 Å². The van der Waals surface area contributed by atoms with Gasteiger partial charge in [0.1, 0.15) is 0 Å². The van der Waals surface area contributed by atoms with E-state index in [-0.39, 0.29) is 5.91 Å². The third-order valence-corrected chi connectivity index (χ3v) is 4.69. The second-order valence-corrected chi connectivity index (χ2v) is 6.06. The fraction of sp³-hybridized carbons (Fsp3) is 0.933. The van der Waals surface area contributed by atoms with Gasteiger partial charge >= 0.3 is 0 Å². The van der Waals surface area contributed by atoms with Gasteiger partial charge in [0.25, 0.3) is 0 Å². The van der Waals surface area contributed by atoms with E-state index in [0.717, 1.165) is 38.9 Å². The minimum Gasteiger partial charge on any atom is -0.396 e. The van der Waals surface area contributed by atoms with Crippen LogP contribution in [0.2, 0.25) is 0 Å². The molecule has 1 aliphatic carbocycles. The highest BCUT2D eigenvalue weighted by molar-refractivity contribution is 5.78. The molecule has 2 N–H and O–H groups in total. The van der Waals surface area contributed by atoms with Gasteiger partial charge in [-0.2, -0.15) is 0 Å². The van der Waals surface area contributed by atoms with Crippen molar-refractivity contribution in [3.05, 3.63) is 0 Å². The van der Waals surface area contributed by atoms with Crippen molar-refractivity contribution in [3.8, 4) is 0 Å². The molecule has 0 spiro atoms. The monoisotopic (exact) mass is 268 g/mol. The summed E-state index contributed by atoms with van der Waals surface area (Å²) in [5.74, 6) is 1.25. The molecule has 0 aromatic rings. The van der Waals surface area contributed by atoms with E-state index in [4.69, 9.17) is 0 Å². The molecular weight excluding hydrogens is 240 g/mol. The largest absolute Gasteiger partial charge is 0.396 e. The zero-order valence-electron chi connectivity index (χ0n) is 11.9.